The van der Waals surface area contributed by atoms with E-state index in [9.17, 15) is 43.2 Å². The van der Waals surface area contributed by atoms with E-state index in [0.29, 0.717) is 31.6 Å². The van der Waals surface area contributed by atoms with Crippen molar-refractivity contribution in [3.05, 3.63) is 0 Å². The number of aliphatic hydroxyl groups excluding tert-OH is 1. The summed E-state index contributed by atoms with van der Waals surface area (Å²) in [5.74, 6) is 0.942. The molecule has 17 nitrogen and oxygen atoms in total. The lowest BCUT2D eigenvalue weighted by atomic mass is 10.0. The fraction of sp³-hybridized carbons (Fsp3) is 0.951. The van der Waals surface area contributed by atoms with Crippen molar-refractivity contribution in [3.8, 4) is 0 Å². The maximum Gasteiger partial charge on any atom is 0.472 e. The minimum Gasteiger partial charge on any atom is -0.462 e. The summed E-state index contributed by atoms with van der Waals surface area (Å²) in [6.45, 7) is 14.2. The number of carbonyl (C=O) groups is 4. The van der Waals surface area contributed by atoms with Crippen LogP contribution in [0.3, 0.4) is 0 Å². The highest BCUT2D eigenvalue weighted by atomic mass is 31.2. The number of hydrogen-bond acceptors (Lipinski definition) is 15. The van der Waals surface area contributed by atoms with E-state index in [1.807, 2.05) is 0 Å². The van der Waals surface area contributed by atoms with Crippen molar-refractivity contribution in [1.29, 1.82) is 0 Å². The van der Waals surface area contributed by atoms with E-state index in [1.165, 1.54) is 212 Å². The van der Waals surface area contributed by atoms with Gasteiger partial charge in [-0.2, -0.15) is 0 Å². The van der Waals surface area contributed by atoms with Gasteiger partial charge in [0.15, 0.2) is 12.2 Å². The predicted octanol–water partition coefficient (Wildman–Crippen LogP) is 24.0. The lowest BCUT2D eigenvalue weighted by molar-refractivity contribution is -0.161. The highest BCUT2D eigenvalue weighted by molar-refractivity contribution is 7.47. The van der Waals surface area contributed by atoms with Crippen molar-refractivity contribution < 1.29 is 80.2 Å². The maximum atomic E-state index is 13.1. The Balaban J connectivity index is 5.21. The SMILES string of the molecule is CC(C)CCCCCCCCCCCCCCCCCCCCC(=O)O[C@H](COC(=O)CCCCCCCCCCCCCCC(C)C)COP(=O)(O)OC[C@@H](O)COP(=O)(O)OC[C@@H](COC(=O)CCCCCCCCC(C)C)OC(=O)CCCCCCCCCCCCCCC(C)C. The van der Waals surface area contributed by atoms with Crippen LogP contribution in [0.1, 0.15) is 415 Å². The van der Waals surface area contributed by atoms with Crippen LogP contribution in [-0.2, 0) is 65.4 Å². The molecule has 19 heteroatoms. The zero-order chi connectivity index (χ0) is 73.8. The van der Waals surface area contributed by atoms with Crippen molar-refractivity contribution >= 4 is 39.5 Å². The van der Waals surface area contributed by atoms with E-state index in [4.69, 9.17) is 37.0 Å². The molecule has 0 radical (unpaired) electrons. The summed E-state index contributed by atoms with van der Waals surface area (Å²) in [7, 11) is -9.92. The van der Waals surface area contributed by atoms with Gasteiger partial charge < -0.3 is 33.8 Å². The number of esters is 4. The first-order valence-corrected chi connectivity index (χ1v) is 44.7. The standard InChI is InChI=1S/C81H158O17P2/c1-71(2)57-49-41-33-27-21-15-13-11-9-10-12-14-16-25-31-37-47-55-63-80(85)97-76(67-91-78(83)61-53-45-36-30-24-19-17-22-28-34-42-50-58-72(3)4)69-95-99(87,88)93-65-75(82)66-94-100(89,90)96-70-77(68-92-79(84)62-54-46-40-39-44-52-60-74(7)8)98-81(86)64-56-48-38-32-26-20-18-23-29-35-43-51-59-73(5)6/h71-77,82H,9-70H2,1-8H3,(H,87,88)(H,89,90)/t75-,76-,77-/m1/s1. The topological polar surface area (TPSA) is 237 Å². The molecular formula is C81H158O17P2. The summed E-state index contributed by atoms with van der Waals surface area (Å²) in [6.07, 6.45) is 57.1. The fourth-order valence-electron chi connectivity index (χ4n) is 12.4. The van der Waals surface area contributed by atoms with Crippen molar-refractivity contribution in [3.63, 3.8) is 0 Å². The van der Waals surface area contributed by atoms with Gasteiger partial charge >= 0.3 is 39.5 Å². The quantitative estimate of drug-likeness (QED) is 0.0222. The molecule has 0 fully saturated rings. The zero-order valence-electron chi connectivity index (χ0n) is 65.8. The summed E-state index contributed by atoms with van der Waals surface area (Å²) < 4.78 is 68.7. The Morgan fingerprint density at radius 1 is 0.250 bits per heavy atom. The summed E-state index contributed by atoms with van der Waals surface area (Å²) in [5, 5.41) is 10.6. The molecule has 2 unspecified atom stereocenters. The largest absolute Gasteiger partial charge is 0.472 e. The van der Waals surface area contributed by atoms with E-state index >= 15 is 0 Å². The predicted molar refractivity (Wildman–Crippen MR) is 409 cm³/mol. The van der Waals surface area contributed by atoms with Gasteiger partial charge in [0.25, 0.3) is 0 Å². The van der Waals surface area contributed by atoms with Crippen LogP contribution in [0.15, 0.2) is 0 Å². The van der Waals surface area contributed by atoms with Gasteiger partial charge in [-0.15, -0.1) is 0 Å². The summed E-state index contributed by atoms with van der Waals surface area (Å²) in [4.78, 5) is 73.0. The molecule has 0 rings (SSSR count). The van der Waals surface area contributed by atoms with Gasteiger partial charge in [-0.25, -0.2) is 9.13 Å². The second kappa shape index (κ2) is 70.1. The molecule has 0 aliphatic heterocycles. The monoisotopic (exact) mass is 1470 g/mol. The second-order valence-electron chi connectivity index (χ2n) is 31.1. The number of rotatable bonds is 78. The van der Waals surface area contributed by atoms with Gasteiger partial charge in [-0.3, -0.25) is 37.3 Å². The molecule has 0 aliphatic carbocycles. The Labute approximate surface area is 613 Å². The number of hydrogen-bond donors (Lipinski definition) is 3. The Morgan fingerprint density at radius 2 is 0.420 bits per heavy atom. The Kier molecular flexibility index (Phi) is 68.7. The lowest BCUT2D eigenvalue weighted by Gasteiger charge is -2.21. The highest BCUT2D eigenvalue weighted by Crippen LogP contribution is 2.45. The Bertz CT molecular complexity index is 1950. The lowest BCUT2D eigenvalue weighted by Crippen LogP contribution is -2.30. The molecule has 0 saturated carbocycles. The van der Waals surface area contributed by atoms with Crippen LogP contribution in [0.5, 0.6) is 0 Å². The first-order chi connectivity index (χ1) is 48.1. The summed E-state index contributed by atoms with van der Waals surface area (Å²) in [6, 6.07) is 0. The van der Waals surface area contributed by atoms with Crippen LogP contribution in [0.25, 0.3) is 0 Å². The van der Waals surface area contributed by atoms with E-state index in [-0.39, 0.29) is 25.7 Å². The van der Waals surface area contributed by atoms with Crippen LogP contribution < -0.4 is 0 Å². The third-order valence-electron chi connectivity index (χ3n) is 18.8. The van der Waals surface area contributed by atoms with E-state index in [0.717, 1.165) is 114 Å². The summed E-state index contributed by atoms with van der Waals surface area (Å²) in [5.41, 5.74) is 0. The minimum absolute atomic E-state index is 0.106. The van der Waals surface area contributed by atoms with Crippen LogP contribution in [0.4, 0.5) is 0 Å². The molecule has 0 amide bonds. The normalized spacial score (nSPS) is 14.0. The molecule has 100 heavy (non-hydrogen) atoms. The van der Waals surface area contributed by atoms with Gasteiger partial charge in [0.2, 0.25) is 0 Å². The first kappa shape index (κ1) is 98.1. The molecule has 0 bridgehead atoms. The van der Waals surface area contributed by atoms with Gasteiger partial charge in [0.05, 0.1) is 26.4 Å². The number of ether oxygens (including phenoxy) is 4. The smallest absolute Gasteiger partial charge is 0.462 e. The van der Waals surface area contributed by atoms with E-state index < -0.39 is 97.5 Å². The van der Waals surface area contributed by atoms with Gasteiger partial charge in [0, 0.05) is 25.7 Å². The molecule has 0 aliphatic rings. The minimum atomic E-state index is -4.96. The molecule has 594 valence electrons. The van der Waals surface area contributed by atoms with Crippen LogP contribution in [0.2, 0.25) is 0 Å². The highest BCUT2D eigenvalue weighted by Gasteiger charge is 2.30. The van der Waals surface area contributed by atoms with Gasteiger partial charge in [0.1, 0.15) is 19.3 Å². The average Bonchev–Trinajstić information content (AvgIpc) is 0.957. The van der Waals surface area contributed by atoms with Crippen molar-refractivity contribution in [2.24, 2.45) is 23.7 Å². The van der Waals surface area contributed by atoms with Crippen molar-refractivity contribution in [2.45, 2.75) is 433 Å². The zero-order valence-corrected chi connectivity index (χ0v) is 67.6. The number of aliphatic hydroxyl groups is 1. The average molecular weight is 1470 g/mol. The molecule has 0 aromatic heterocycles. The number of phosphoric ester groups is 2. The van der Waals surface area contributed by atoms with Crippen LogP contribution in [-0.4, -0.2) is 96.7 Å². The van der Waals surface area contributed by atoms with Crippen LogP contribution in [0, 0.1) is 23.7 Å². The van der Waals surface area contributed by atoms with Crippen LogP contribution >= 0.6 is 15.6 Å². The maximum absolute atomic E-state index is 13.1. The molecule has 0 aromatic carbocycles. The molecule has 3 N–H and O–H groups in total. The molecule has 0 heterocycles. The van der Waals surface area contributed by atoms with Crippen molar-refractivity contribution in [2.75, 3.05) is 39.6 Å². The van der Waals surface area contributed by atoms with E-state index in [1.54, 1.807) is 0 Å². The molecule has 0 aromatic rings. The molecule has 0 spiro atoms. The number of unbranched alkanes of at least 4 members (excludes halogenated alkanes) is 44. The Morgan fingerprint density at radius 3 is 0.620 bits per heavy atom. The van der Waals surface area contributed by atoms with Crippen molar-refractivity contribution in [1.82, 2.24) is 0 Å². The molecule has 0 saturated heterocycles. The number of carbonyl (C=O) groups excluding carboxylic acids is 4. The first-order valence-electron chi connectivity index (χ1n) is 41.7. The third-order valence-corrected chi connectivity index (χ3v) is 20.7. The molecule has 5 atom stereocenters. The van der Waals surface area contributed by atoms with Gasteiger partial charge in [-0.1, -0.05) is 364 Å². The number of phosphoric acid groups is 2. The third kappa shape index (κ3) is 74.3. The molecular weight excluding hydrogens is 1310 g/mol. The Hall–Kier alpha value is -1.94. The van der Waals surface area contributed by atoms with Gasteiger partial charge in [-0.05, 0) is 49.4 Å². The fourth-order valence-corrected chi connectivity index (χ4v) is 14.0. The second-order valence-corrected chi connectivity index (χ2v) is 34.0. The summed E-state index contributed by atoms with van der Waals surface area (Å²) >= 11 is 0. The van der Waals surface area contributed by atoms with E-state index in [2.05, 4.69) is 55.4 Å².